The molecule has 110 valence electrons. The van der Waals surface area contributed by atoms with Crippen LogP contribution in [0.3, 0.4) is 0 Å². The van der Waals surface area contributed by atoms with E-state index in [0.717, 1.165) is 17.1 Å². The highest BCUT2D eigenvalue weighted by molar-refractivity contribution is 7.99. The molecule has 1 spiro atoms. The molecule has 2 N–H and O–H groups in total. The zero-order valence-corrected chi connectivity index (χ0v) is 12.6. The predicted octanol–water partition coefficient (Wildman–Crippen LogP) is 4.38. The summed E-state index contributed by atoms with van der Waals surface area (Å²) >= 11 is 1.67. The number of benzene rings is 1. The maximum absolute atomic E-state index is 13.4. The fourth-order valence-corrected chi connectivity index (χ4v) is 4.33. The van der Waals surface area contributed by atoms with Crippen LogP contribution in [-0.2, 0) is 4.74 Å². The van der Waals surface area contributed by atoms with E-state index < -0.39 is 0 Å². The van der Waals surface area contributed by atoms with E-state index in [4.69, 9.17) is 10.5 Å². The fraction of sp³-hybridized carbons (Fsp3) is 0.625. The molecule has 1 saturated heterocycles. The minimum absolute atomic E-state index is 0.176. The van der Waals surface area contributed by atoms with Crippen LogP contribution in [0.1, 0.15) is 44.9 Å². The average Bonchev–Trinajstić information content (AvgIpc) is 2.84. The van der Waals surface area contributed by atoms with E-state index in [-0.39, 0.29) is 17.1 Å². The first-order valence-electron chi connectivity index (χ1n) is 7.53. The van der Waals surface area contributed by atoms with Crippen LogP contribution in [0.2, 0.25) is 0 Å². The van der Waals surface area contributed by atoms with Crippen LogP contribution in [0.25, 0.3) is 0 Å². The number of halogens is 1. The van der Waals surface area contributed by atoms with Crippen LogP contribution >= 0.6 is 11.8 Å². The van der Waals surface area contributed by atoms with Gasteiger partial charge in [-0.15, -0.1) is 11.8 Å². The van der Waals surface area contributed by atoms with Crippen LogP contribution in [0.15, 0.2) is 23.1 Å². The van der Waals surface area contributed by atoms with Crippen molar-refractivity contribution in [3.8, 4) is 0 Å². The Hall–Kier alpha value is -0.740. The minimum Gasteiger partial charge on any atom is -0.396 e. The molecule has 2 nitrogen and oxygen atoms in total. The Labute approximate surface area is 124 Å². The standard InChI is InChI=1S/C16H22FNOS/c17-14-10-13(4-5-15(14)18)20-11-12-6-9-16(19-12)7-2-1-3-8-16/h4-5,10,12H,1-3,6-9,11,18H2. The Morgan fingerprint density at radius 3 is 2.80 bits per heavy atom. The summed E-state index contributed by atoms with van der Waals surface area (Å²) in [5.74, 6) is 0.580. The molecule has 1 atom stereocenters. The quantitative estimate of drug-likeness (QED) is 0.664. The molecule has 1 heterocycles. The highest BCUT2D eigenvalue weighted by Crippen LogP contribution is 2.43. The summed E-state index contributed by atoms with van der Waals surface area (Å²) in [6.07, 6.45) is 9.09. The van der Waals surface area contributed by atoms with Gasteiger partial charge in [0.05, 0.1) is 17.4 Å². The first kappa shape index (κ1) is 14.2. The predicted molar refractivity (Wildman–Crippen MR) is 81.5 cm³/mol. The van der Waals surface area contributed by atoms with Crippen molar-refractivity contribution in [1.29, 1.82) is 0 Å². The van der Waals surface area contributed by atoms with Crippen molar-refractivity contribution in [3.05, 3.63) is 24.0 Å². The molecule has 0 radical (unpaired) electrons. The lowest BCUT2D eigenvalue weighted by molar-refractivity contribution is -0.0555. The Bertz CT molecular complexity index is 474. The Kier molecular flexibility index (Phi) is 4.22. The van der Waals surface area contributed by atoms with Crippen LogP contribution in [0.4, 0.5) is 10.1 Å². The maximum atomic E-state index is 13.4. The molecule has 20 heavy (non-hydrogen) atoms. The molecular formula is C16H22FNOS. The van der Waals surface area contributed by atoms with E-state index in [1.54, 1.807) is 17.8 Å². The van der Waals surface area contributed by atoms with Gasteiger partial charge in [0.2, 0.25) is 0 Å². The lowest BCUT2D eigenvalue weighted by atomic mass is 9.83. The van der Waals surface area contributed by atoms with Crippen molar-refractivity contribution < 1.29 is 9.13 Å². The molecule has 1 unspecified atom stereocenters. The SMILES string of the molecule is Nc1ccc(SCC2CCC3(CCCCC3)O2)cc1F. The molecule has 2 fully saturated rings. The third kappa shape index (κ3) is 3.12. The van der Waals surface area contributed by atoms with E-state index in [2.05, 4.69) is 0 Å². The molecule has 0 aromatic heterocycles. The average molecular weight is 295 g/mol. The van der Waals surface area contributed by atoms with Gasteiger partial charge in [-0.3, -0.25) is 0 Å². The van der Waals surface area contributed by atoms with Gasteiger partial charge in [0.25, 0.3) is 0 Å². The number of thioether (sulfide) groups is 1. The molecule has 1 aliphatic carbocycles. The summed E-state index contributed by atoms with van der Waals surface area (Å²) in [5.41, 5.74) is 5.88. The smallest absolute Gasteiger partial charge is 0.147 e. The van der Waals surface area contributed by atoms with E-state index in [0.29, 0.717) is 6.10 Å². The highest BCUT2D eigenvalue weighted by Gasteiger charge is 2.40. The van der Waals surface area contributed by atoms with Gasteiger partial charge in [0.15, 0.2) is 0 Å². The topological polar surface area (TPSA) is 35.2 Å². The Morgan fingerprint density at radius 2 is 2.05 bits per heavy atom. The molecule has 1 saturated carbocycles. The van der Waals surface area contributed by atoms with E-state index in [1.807, 2.05) is 6.07 Å². The van der Waals surface area contributed by atoms with Crippen molar-refractivity contribution in [2.24, 2.45) is 0 Å². The van der Waals surface area contributed by atoms with Crippen molar-refractivity contribution >= 4 is 17.4 Å². The lowest BCUT2D eigenvalue weighted by Gasteiger charge is -2.33. The zero-order chi connectivity index (χ0) is 14.0. The fourth-order valence-electron chi connectivity index (χ4n) is 3.36. The second-order valence-corrected chi connectivity index (χ2v) is 7.11. The number of rotatable bonds is 3. The van der Waals surface area contributed by atoms with Gasteiger partial charge in [-0.25, -0.2) is 4.39 Å². The zero-order valence-electron chi connectivity index (χ0n) is 11.7. The van der Waals surface area contributed by atoms with Gasteiger partial charge in [0.1, 0.15) is 5.82 Å². The first-order valence-corrected chi connectivity index (χ1v) is 8.51. The van der Waals surface area contributed by atoms with Crippen LogP contribution in [-0.4, -0.2) is 17.5 Å². The van der Waals surface area contributed by atoms with Gasteiger partial charge in [-0.2, -0.15) is 0 Å². The second-order valence-electron chi connectivity index (χ2n) is 6.02. The highest BCUT2D eigenvalue weighted by atomic mass is 32.2. The van der Waals surface area contributed by atoms with E-state index >= 15 is 0 Å². The molecule has 4 heteroatoms. The van der Waals surface area contributed by atoms with Crippen molar-refractivity contribution in [2.45, 2.75) is 61.5 Å². The second kappa shape index (κ2) is 5.94. The van der Waals surface area contributed by atoms with Gasteiger partial charge >= 0.3 is 0 Å². The number of nitrogens with two attached hydrogens (primary N) is 1. The summed E-state index contributed by atoms with van der Waals surface area (Å²) in [7, 11) is 0. The molecule has 0 amide bonds. The molecule has 0 bridgehead atoms. The van der Waals surface area contributed by atoms with Crippen LogP contribution in [0.5, 0.6) is 0 Å². The van der Waals surface area contributed by atoms with Gasteiger partial charge < -0.3 is 10.5 Å². The van der Waals surface area contributed by atoms with E-state index in [1.165, 1.54) is 44.6 Å². The third-order valence-corrected chi connectivity index (χ3v) is 5.64. The van der Waals surface area contributed by atoms with Crippen molar-refractivity contribution in [3.63, 3.8) is 0 Å². The summed E-state index contributed by atoms with van der Waals surface area (Å²) < 4.78 is 19.7. The summed E-state index contributed by atoms with van der Waals surface area (Å²) in [5, 5.41) is 0. The van der Waals surface area contributed by atoms with Crippen LogP contribution < -0.4 is 5.73 Å². The molecule has 1 aromatic carbocycles. The third-order valence-electron chi connectivity index (χ3n) is 4.51. The summed E-state index contributed by atoms with van der Waals surface area (Å²) in [4.78, 5) is 0.935. The number of anilines is 1. The number of ether oxygens (including phenoxy) is 1. The molecular weight excluding hydrogens is 273 g/mol. The normalized spacial score (nSPS) is 25.1. The van der Waals surface area contributed by atoms with Gasteiger partial charge in [-0.1, -0.05) is 19.3 Å². The lowest BCUT2D eigenvalue weighted by Crippen LogP contribution is -2.32. The molecule has 3 rings (SSSR count). The minimum atomic E-state index is -0.328. The monoisotopic (exact) mass is 295 g/mol. The number of nitrogen functional groups attached to an aromatic ring is 1. The molecule has 1 aliphatic heterocycles. The Balaban J connectivity index is 1.53. The van der Waals surface area contributed by atoms with Gasteiger partial charge in [0, 0.05) is 10.6 Å². The number of hydrogen-bond donors (Lipinski definition) is 1. The first-order chi connectivity index (χ1) is 9.67. The molecule has 1 aromatic rings. The van der Waals surface area contributed by atoms with Crippen molar-refractivity contribution in [2.75, 3.05) is 11.5 Å². The van der Waals surface area contributed by atoms with Crippen molar-refractivity contribution in [1.82, 2.24) is 0 Å². The molecule has 2 aliphatic rings. The van der Waals surface area contributed by atoms with E-state index in [9.17, 15) is 4.39 Å². The summed E-state index contributed by atoms with van der Waals surface area (Å²) in [6.45, 7) is 0. The number of hydrogen-bond acceptors (Lipinski definition) is 3. The Morgan fingerprint density at radius 1 is 1.25 bits per heavy atom. The van der Waals surface area contributed by atoms with Crippen LogP contribution in [0, 0.1) is 5.82 Å². The largest absolute Gasteiger partial charge is 0.396 e. The maximum Gasteiger partial charge on any atom is 0.147 e. The van der Waals surface area contributed by atoms with Gasteiger partial charge in [-0.05, 0) is 43.9 Å². The summed E-state index contributed by atoms with van der Waals surface area (Å²) in [6, 6.07) is 5.04.